The maximum atomic E-state index is 13.5. The number of nitrogens with one attached hydrogen (secondary N) is 1. The van der Waals surface area contributed by atoms with Gasteiger partial charge in [0.05, 0.1) is 5.69 Å². The summed E-state index contributed by atoms with van der Waals surface area (Å²) in [5.41, 5.74) is 1.24. The van der Waals surface area contributed by atoms with Crippen molar-refractivity contribution < 1.29 is 4.39 Å². The first-order valence-electron chi connectivity index (χ1n) is 5.14. The van der Waals surface area contributed by atoms with Gasteiger partial charge in [-0.1, -0.05) is 12.1 Å². The van der Waals surface area contributed by atoms with E-state index in [1.54, 1.807) is 12.1 Å². The second-order valence-electron chi connectivity index (χ2n) is 3.82. The predicted octanol–water partition coefficient (Wildman–Crippen LogP) is 3.77. The molecule has 2 aromatic rings. The van der Waals surface area contributed by atoms with Crippen LogP contribution < -0.4 is 5.32 Å². The first kappa shape index (κ1) is 11.1. The third-order valence-corrected chi connectivity index (χ3v) is 2.84. The van der Waals surface area contributed by atoms with Crippen molar-refractivity contribution in [3.63, 3.8) is 0 Å². The van der Waals surface area contributed by atoms with Gasteiger partial charge in [-0.2, -0.15) is 0 Å². The molecule has 2 rings (SSSR count). The second-order valence-corrected chi connectivity index (χ2v) is 4.67. The molecule has 1 N–H and O–H groups in total. The van der Waals surface area contributed by atoms with Crippen LogP contribution in [0.1, 0.15) is 13.8 Å². The molecular formula is C12H13FN2S. The Bertz CT molecular complexity index is 479. The molecule has 84 valence electrons. The summed E-state index contributed by atoms with van der Waals surface area (Å²) in [4.78, 5) is 4.35. The van der Waals surface area contributed by atoms with E-state index >= 15 is 0 Å². The number of benzene rings is 1. The quantitative estimate of drug-likeness (QED) is 0.877. The Labute approximate surface area is 98.2 Å². The van der Waals surface area contributed by atoms with Gasteiger partial charge in [0.2, 0.25) is 0 Å². The molecule has 0 saturated carbocycles. The Balaban J connectivity index is 2.28. The van der Waals surface area contributed by atoms with E-state index in [1.807, 2.05) is 25.3 Å². The molecule has 0 spiro atoms. The molecule has 0 aliphatic carbocycles. The lowest BCUT2D eigenvalue weighted by Crippen LogP contribution is -2.09. The van der Waals surface area contributed by atoms with Crippen LogP contribution in [0.3, 0.4) is 0 Å². The number of aromatic nitrogens is 1. The fourth-order valence-electron chi connectivity index (χ4n) is 1.38. The molecule has 0 bridgehead atoms. The Hall–Kier alpha value is -1.42. The van der Waals surface area contributed by atoms with Crippen LogP contribution in [-0.2, 0) is 0 Å². The smallest absolute Gasteiger partial charge is 0.183 e. The highest BCUT2D eigenvalue weighted by molar-refractivity contribution is 7.14. The van der Waals surface area contributed by atoms with E-state index in [0.717, 1.165) is 5.13 Å². The molecule has 0 fully saturated rings. The minimum absolute atomic E-state index is 0.233. The number of rotatable bonds is 3. The molecule has 2 nitrogen and oxygen atoms in total. The van der Waals surface area contributed by atoms with Crippen molar-refractivity contribution in [3.8, 4) is 11.3 Å². The van der Waals surface area contributed by atoms with Crippen LogP contribution in [0.2, 0.25) is 0 Å². The van der Waals surface area contributed by atoms with E-state index in [1.165, 1.54) is 17.4 Å². The average Bonchev–Trinajstić information content (AvgIpc) is 2.66. The molecule has 16 heavy (non-hydrogen) atoms. The predicted molar refractivity (Wildman–Crippen MR) is 66.3 cm³/mol. The Kier molecular flexibility index (Phi) is 3.19. The van der Waals surface area contributed by atoms with Crippen LogP contribution in [0, 0.1) is 5.82 Å². The molecule has 4 heteroatoms. The van der Waals surface area contributed by atoms with E-state index in [-0.39, 0.29) is 5.82 Å². The summed E-state index contributed by atoms with van der Waals surface area (Å²) in [6, 6.07) is 7.01. The topological polar surface area (TPSA) is 24.9 Å². The van der Waals surface area contributed by atoms with Gasteiger partial charge in [0.1, 0.15) is 5.82 Å². The van der Waals surface area contributed by atoms with Crippen LogP contribution in [0.15, 0.2) is 29.6 Å². The molecule has 0 atom stereocenters. The summed E-state index contributed by atoms with van der Waals surface area (Å²) in [6.07, 6.45) is 0. The minimum atomic E-state index is -0.233. The van der Waals surface area contributed by atoms with Gasteiger partial charge in [-0.25, -0.2) is 9.37 Å². The molecule has 1 aromatic heterocycles. The molecule has 0 amide bonds. The standard InChI is InChI=1S/C12H13FN2S/c1-8(2)14-12-15-11(7-16-12)9-5-3-4-6-10(9)13/h3-8H,1-2H3,(H,14,15). The lowest BCUT2D eigenvalue weighted by molar-refractivity contribution is 0.631. The number of thiazole rings is 1. The zero-order valence-corrected chi connectivity index (χ0v) is 10.0. The van der Waals surface area contributed by atoms with Gasteiger partial charge in [-0.3, -0.25) is 0 Å². The number of hydrogen-bond donors (Lipinski definition) is 1. The number of halogens is 1. The van der Waals surface area contributed by atoms with E-state index in [4.69, 9.17) is 0 Å². The van der Waals surface area contributed by atoms with Gasteiger partial charge < -0.3 is 5.32 Å². The van der Waals surface area contributed by atoms with E-state index < -0.39 is 0 Å². The molecule has 1 aromatic carbocycles. The highest BCUT2D eigenvalue weighted by atomic mass is 32.1. The SMILES string of the molecule is CC(C)Nc1nc(-c2ccccc2F)cs1. The second kappa shape index (κ2) is 4.61. The number of nitrogens with zero attached hydrogens (tertiary/aromatic N) is 1. The Morgan fingerprint density at radius 3 is 2.75 bits per heavy atom. The van der Waals surface area contributed by atoms with Gasteiger partial charge >= 0.3 is 0 Å². The summed E-state index contributed by atoms with van der Waals surface area (Å²) in [5, 5.41) is 5.89. The molecule has 0 saturated heterocycles. The third-order valence-electron chi connectivity index (χ3n) is 2.07. The summed E-state index contributed by atoms with van der Waals surface area (Å²) in [5.74, 6) is -0.233. The molecule has 0 radical (unpaired) electrons. The molecule has 1 heterocycles. The zero-order chi connectivity index (χ0) is 11.5. The van der Waals surface area contributed by atoms with E-state index in [9.17, 15) is 4.39 Å². The summed E-state index contributed by atoms with van der Waals surface area (Å²) in [6.45, 7) is 4.09. The fraction of sp³-hybridized carbons (Fsp3) is 0.250. The van der Waals surface area contributed by atoms with E-state index in [0.29, 0.717) is 17.3 Å². The van der Waals surface area contributed by atoms with Gasteiger partial charge in [0.15, 0.2) is 5.13 Å². The number of anilines is 1. The van der Waals surface area contributed by atoms with Crippen molar-refractivity contribution in [1.82, 2.24) is 4.98 Å². The fourth-order valence-corrected chi connectivity index (χ4v) is 2.24. The van der Waals surface area contributed by atoms with Crippen LogP contribution >= 0.6 is 11.3 Å². The maximum Gasteiger partial charge on any atom is 0.183 e. The van der Waals surface area contributed by atoms with Crippen molar-refractivity contribution in [2.75, 3.05) is 5.32 Å². The van der Waals surface area contributed by atoms with Gasteiger partial charge in [-0.15, -0.1) is 11.3 Å². The summed E-state index contributed by atoms with van der Waals surface area (Å²) < 4.78 is 13.5. The average molecular weight is 236 g/mol. The van der Waals surface area contributed by atoms with Crippen LogP contribution in [-0.4, -0.2) is 11.0 Å². The maximum absolute atomic E-state index is 13.5. The molecule has 0 aliphatic rings. The largest absolute Gasteiger partial charge is 0.359 e. The monoisotopic (exact) mass is 236 g/mol. The molecular weight excluding hydrogens is 223 g/mol. The van der Waals surface area contributed by atoms with Crippen LogP contribution in [0.25, 0.3) is 11.3 Å². The van der Waals surface area contributed by atoms with Crippen LogP contribution in [0.4, 0.5) is 9.52 Å². The van der Waals surface area contributed by atoms with Crippen LogP contribution in [0.5, 0.6) is 0 Å². The molecule has 0 unspecified atom stereocenters. The van der Waals surface area contributed by atoms with Crippen molar-refractivity contribution in [3.05, 3.63) is 35.5 Å². The van der Waals surface area contributed by atoms with Crippen molar-refractivity contribution in [2.45, 2.75) is 19.9 Å². The Morgan fingerprint density at radius 2 is 2.06 bits per heavy atom. The van der Waals surface area contributed by atoms with Crippen molar-refractivity contribution in [1.29, 1.82) is 0 Å². The zero-order valence-electron chi connectivity index (χ0n) is 9.20. The first-order valence-corrected chi connectivity index (χ1v) is 6.02. The summed E-state index contributed by atoms with van der Waals surface area (Å²) >= 11 is 1.49. The van der Waals surface area contributed by atoms with Gasteiger partial charge in [0, 0.05) is 17.0 Å². The first-order chi connectivity index (χ1) is 7.66. The van der Waals surface area contributed by atoms with E-state index in [2.05, 4.69) is 10.3 Å². The third kappa shape index (κ3) is 2.39. The highest BCUT2D eigenvalue weighted by Gasteiger charge is 2.08. The van der Waals surface area contributed by atoms with Gasteiger partial charge in [0.25, 0.3) is 0 Å². The Morgan fingerprint density at radius 1 is 1.31 bits per heavy atom. The summed E-state index contributed by atoms with van der Waals surface area (Å²) in [7, 11) is 0. The molecule has 0 aliphatic heterocycles. The van der Waals surface area contributed by atoms with Crippen molar-refractivity contribution in [2.24, 2.45) is 0 Å². The number of hydrogen-bond acceptors (Lipinski definition) is 3. The minimum Gasteiger partial charge on any atom is -0.359 e. The lowest BCUT2D eigenvalue weighted by atomic mass is 10.2. The van der Waals surface area contributed by atoms with Crippen molar-refractivity contribution >= 4 is 16.5 Å². The normalized spacial score (nSPS) is 10.8. The van der Waals surface area contributed by atoms with Gasteiger partial charge in [-0.05, 0) is 26.0 Å². The highest BCUT2D eigenvalue weighted by Crippen LogP contribution is 2.26. The lowest BCUT2D eigenvalue weighted by Gasteiger charge is -2.04.